The molecule has 6 heteroatoms. The van der Waals surface area contributed by atoms with E-state index >= 15 is 0 Å². The average Bonchev–Trinajstić information content (AvgIpc) is 2.46. The van der Waals surface area contributed by atoms with E-state index in [0.717, 1.165) is 11.3 Å². The number of amides is 1. The second kappa shape index (κ2) is 9.28. The molecule has 1 atom stereocenters. The lowest BCUT2D eigenvalue weighted by Gasteiger charge is -2.13. The summed E-state index contributed by atoms with van der Waals surface area (Å²) in [5.74, 6) is 0.692. The smallest absolute Gasteiger partial charge is 0.313 e. The van der Waals surface area contributed by atoms with Crippen molar-refractivity contribution in [3.05, 3.63) is 29.8 Å². The zero-order valence-electron chi connectivity index (χ0n) is 12.3. The molecule has 0 radical (unpaired) electrons. The quantitative estimate of drug-likeness (QED) is 0.683. The van der Waals surface area contributed by atoms with Crippen LogP contribution in [0.25, 0.3) is 0 Å². The average molecular weight is 311 g/mol. The monoisotopic (exact) mass is 311 g/mol. The Morgan fingerprint density at radius 2 is 2.19 bits per heavy atom. The third kappa shape index (κ3) is 7.04. The third-order valence-electron chi connectivity index (χ3n) is 2.95. The van der Waals surface area contributed by atoms with Crippen molar-refractivity contribution in [2.24, 2.45) is 0 Å². The van der Waals surface area contributed by atoms with Gasteiger partial charge in [-0.05, 0) is 23.6 Å². The molecule has 21 heavy (non-hydrogen) atoms. The highest BCUT2D eigenvalue weighted by Gasteiger charge is 2.11. The van der Waals surface area contributed by atoms with Crippen molar-refractivity contribution < 1.29 is 19.4 Å². The lowest BCUT2D eigenvalue weighted by atomic mass is 9.97. The molecule has 1 aromatic carbocycles. The maximum atomic E-state index is 11.8. The minimum Gasteiger partial charge on any atom is -0.497 e. The van der Waals surface area contributed by atoms with Crippen molar-refractivity contribution >= 4 is 23.6 Å². The molecule has 0 saturated heterocycles. The fourth-order valence-electron chi connectivity index (χ4n) is 1.84. The van der Waals surface area contributed by atoms with Crippen LogP contribution >= 0.6 is 11.8 Å². The SMILES string of the molecule is COc1cccc(C(C)CC(=O)NCCSCC(=O)O)c1. The molecule has 2 N–H and O–H groups in total. The number of nitrogens with one attached hydrogen (secondary N) is 1. The number of hydrogen-bond acceptors (Lipinski definition) is 4. The predicted octanol–water partition coefficient (Wildman–Crippen LogP) is 2.12. The highest BCUT2D eigenvalue weighted by Crippen LogP contribution is 2.22. The molecule has 1 amide bonds. The van der Waals surface area contributed by atoms with Crippen LogP contribution in [0.15, 0.2) is 24.3 Å². The van der Waals surface area contributed by atoms with Gasteiger partial charge < -0.3 is 15.2 Å². The molecule has 1 aromatic rings. The van der Waals surface area contributed by atoms with Crippen molar-refractivity contribution in [1.29, 1.82) is 0 Å². The summed E-state index contributed by atoms with van der Waals surface area (Å²) in [7, 11) is 1.62. The summed E-state index contributed by atoms with van der Waals surface area (Å²) < 4.78 is 5.17. The summed E-state index contributed by atoms with van der Waals surface area (Å²) in [5, 5.41) is 11.3. The minimum atomic E-state index is -0.835. The van der Waals surface area contributed by atoms with Gasteiger partial charge in [-0.2, -0.15) is 0 Å². The Labute approximate surface area is 129 Å². The van der Waals surface area contributed by atoms with Crippen molar-refractivity contribution in [3.63, 3.8) is 0 Å². The predicted molar refractivity (Wildman–Crippen MR) is 84.0 cm³/mol. The number of rotatable bonds is 9. The van der Waals surface area contributed by atoms with Crippen LogP contribution in [0, 0.1) is 0 Å². The normalized spacial score (nSPS) is 11.7. The zero-order chi connectivity index (χ0) is 15.7. The minimum absolute atomic E-state index is 0.0266. The molecule has 1 rings (SSSR count). The van der Waals surface area contributed by atoms with E-state index in [1.54, 1.807) is 7.11 Å². The number of methoxy groups -OCH3 is 1. The first-order chi connectivity index (χ1) is 10.0. The zero-order valence-corrected chi connectivity index (χ0v) is 13.1. The number of carboxylic acids is 1. The molecule has 0 aromatic heterocycles. The molecule has 0 fully saturated rings. The van der Waals surface area contributed by atoms with Crippen molar-refractivity contribution in [2.45, 2.75) is 19.3 Å². The Morgan fingerprint density at radius 1 is 1.43 bits per heavy atom. The maximum absolute atomic E-state index is 11.8. The summed E-state index contributed by atoms with van der Waals surface area (Å²) in [6, 6.07) is 7.69. The van der Waals surface area contributed by atoms with E-state index < -0.39 is 5.97 Å². The van der Waals surface area contributed by atoms with E-state index in [1.807, 2.05) is 31.2 Å². The second-order valence-corrected chi connectivity index (χ2v) is 5.78. The van der Waals surface area contributed by atoms with Gasteiger partial charge in [0.15, 0.2) is 0 Å². The molecule has 0 spiro atoms. The van der Waals surface area contributed by atoms with Crippen LogP contribution in [0.3, 0.4) is 0 Å². The Morgan fingerprint density at radius 3 is 2.86 bits per heavy atom. The van der Waals surface area contributed by atoms with E-state index in [2.05, 4.69) is 5.32 Å². The summed E-state index contributed by atoms with van der Waals surface area (Å²) in [5.41, 5.74) is 1.06. The molecule has 0 saturated carbocycles. The molecule has 5 nitrogen and oxygen atoms in total. The number of thioether (sulfide) groups is 1. The lowest BCUT2D eigenvalue weighted by Crippen LogP contribution is -2.27. The summed E-state index contributed by atoms with van der Waals surface area (Å²) >= 11 is 1.29. The molecule has 0 aliphatic rings. The molecule has 0 heterocycles. The first-order valence-electron chi connectivity index (χ1n) is 6.73. The highest BCUT2D eigenvalue weighted by atomic mass is 32.2. The van der Waals surface area contributed by atoms with Crippen LogP contribution in [-0.4, -0.2) is 42.1 Å². The van der Waals surface area contributed by atoms with Gasteiger partial charge >= 0.3 is 5.97 Å². The molecular formula is C15H21NO4S. The Kier molecular flexibility index (Phi) is 7.68. The highest BCUT2D eigenvalue weighted by molar-refractivity contribution is 7.99. The topological polar surface area (TPSA) is 75.6 Å². The Hall–Kier alpha value is -1.69. The maximum Gasteiger partial charge on any atom is 0.313 e. The number of aliphatic carboxylic acids is 1. The number of carbonyl (C=O) groups is 2. The van der Waals surface area contributed by atoms with E-state index in [-0.39, 0.29) is 17.6 Å². The molecular weight excluding hydrogens is 290 g/mol. The van der Waals surface area contributed by atoms with Gasteiger partial charge in [0.1, 0.15) is 5.75 Å². The van der Waals surface area contributed by atoms with Gasteiger partial charge in [-0.25, -0.2) is 0 Å². The van der Waals surface area contributed by atoms with E-state index in [4.69, 9.17) is 9.84 Å². The second-order valence-electron chi connectivity index (χ2n) is 4.68. The summed E-state index contributed by atoms with van der Waals surface area (Å²) in [6.07, 6.45) is 0.400. The van der Waals surface area contributed by atoms with Crippen LogP contribution in [-0.2, 0) is 9.59 Å². The van der Waals surface area contributed by atoms with E-state index in [9.17, 15) is 9.59 Å². The molecule has 1 unspecified atom stereocenters. The first-order valence-corrected chi connectivity index (χ1v) is 7.88. The van der Waals surface area contributed by atoms with Gasteiger partial charge in [0.2, 0.25) is 5.91 Å². The number of carboxylic acid groups (broad SMARTS) is 1. The van der Waals surface area contributed by atoms with Gasteiger partial charge in [-0.3, -0.25) is 9.59 Å². The summed E-state index contributed by atoms with van der Waals surface area (Å²) in [6.45, 7) is 2.48. The lowest BCUT2D eigenvalue weighted by molar-refractivity contribution is -0.133. The van der Waals surface area contributed by atoms with Gasteiger partial charge in [0, 0.05) is 18.7 Å². The molecule has 116 valence electrons. The van der Waals surface area contributed by atoms with Crippen LogP contribution in [0.1, 0.15) is 24.8 Å². The fourth-order valence-corrected chi connectivity index (χ4v) is 2.40. The van der Waals surface area contributed by atoms with E-state index in [1.165, 1.54) is 11.8 Å². The van der Waals surface area contributed by atoms with Crippen molar-refractivity contribution in [1.82, 2.24) is 5.32 Å². The van der Waals surface area contributed by atoms with Gasteiger partial charge in [0.25, 0.3) is 0 Å². The van der Waals surface area contributed by atoms with Crippen LogP contribution < -0.4 is 10.1 Å². The number of hydrogen-bond donors (Lipinski definition) is 2. The number of ether oxygens (including phenoxy) is 1. The fraction of sp³-hybridized carbons (Fsp3) is 0.467. The van der Waals surface area contributed by atoms with Crippen LogP contribution in [0.2, 0.25) is 0 Å². The molecule has 0 aliphatic heterocycles. The molecule has 0 bridgehead atoms. The van der Waals surface area contributed by atoms with Crippen molar-refractivity contribution in [2.75, 3.05) is 25.2 Å². The first kappa shape index (κ1) is 17.4. The Bertz CT molecular complexity index is 478. The summed E-state index contributed by atoms with van der Waals surface area (Å²) in [4.78, 5) is 22.1. The standard InChI is InChI=1S/C15H21NO4S/c1-11(12-4-3-5-13(9-12)20-2)8-14(17)16-6-7-21-10-15(18)19/h3-5,9,11H,6-8,10H2,1-2H3,(H,16,17)(H,18,19). The largest absolute Gasteiger partial charge is 0.497 e. The number of carbonyl (C=O) groups excluding carboxylic acids is 1. The molecule has 0 aliphatic carbocycles. The van der Waals surface area contributed by atoms with Gasteiger partial charge in [0.05, 0.1) is 12.9 Å². The third-order valence-corrected chi connectivity index (χ3v) is 3.89. The van der Waals surface area contributed by atoms with Gasteiger partial charge in [-0.1, -0.05) is 19.1 Å². The van der Waals surface area contributed by atoms with Crippen LogP contribution in [0.4, 0.5) is 0 Å². The Balaban J connectivity index is 2.31. The van der Waals surface area contributed by atoms with Gasteiger partial charge in [-0.15, -0.1) is 11.8 Å². The number of benzene rings is 1. The van der Waals surface area contributed by atoms with E-state index in [0.29, 0.717) is 18.7 Å². The van der Waals surface area contributed by atoms with Crippen molar-refractivity contribution in [3.8, 4) is 5.75 Å². The van der Waals surface area contributed by atoms with Crippen LogP contribution in [0.5, 0.6) is 5.75 Å².